The molecule has 0 saturated carbocycles. The van der Waals surface area contributed by atoms with E-state index in [1.807, 2.05) is 27.7 Å². The molecule has 2 fully saturated rings. The predicted molar refractivity (Wildman–Crippen MR) is 43.8 cm³/mol. The normalized spacial score (nSPS) is 51.0. The Morgan fingerprint density at radius 3 is 1.75 bits per heavy atom. The van der Waals surface area contributed by atoms with Gasteiger partial charge in [0.25, 0.3) is 0 Å². The van der Waals surface area contributed by atoms with E-state index >= 15 is 0 Å². The van der Waals surface area contributed by atoms with Crippen LogP contribution < -0.4 is 0 Å². The molecule has 3 heteroatoms. The summed E-state index contributed by atoms with van der Waals surface area (Å²) in [6.07, 6.45) is 0.559. The lowest BCUT2D eigenvalue weighted by Gasteiger charge is -2.21. The van der Waals surface area contributed by atoms with E-state index in [2.05, 4.69) is 0 Å². The first-order valence-corrected chi connectivity index (χ1v) is 4.51. The van der Waals surface area contributed by atoms with Crippen LogP contribution in [-0.2, 0) is 14.2 Å². The number of hydrogen-bond donors (Lipinski definition) is 0. The minimum atomic E-state index is -0.429. The molecule has 2 saturated heterocycles. The van der Waals surface area contributed by atoms with Crippen molar-refractivity contribution in [1.82, 2.24) is 0 Å². The molecule has 12 heavy (non-hydrogen) atoms. The van der Waals surface area contributed by atoms with E-state index in [1.54, 1.807) is 0 Å². The first kappa shape index (κ1) is 8.48. The molecule has 2 aliphatic heterocycles. The second kappa shape index (κ2) is 2.44. The van der Waals surface area contributed by atoms with E-state index in [1.165, 1.54) is 0 Å². The van der Waals surface area contributed by atoms with Gasteiger partial charge in [-0.05, 0) is 27.7 Å². The molecule has 3 nitrogen and oxygen atoms in total. The topological polar surface area (TPSA) is 27.7 Å². The Bertz CT molecular complexity index is 172. The number of rotatable bonds is 0. The first-order valence-electron chi connectivity index (χ1n) is 4.51. The number of ether oxygens (including phenoxy) is 3. The van der Waals surface area contributed by atoms with Crippen molar-refractivity contribution in [3.8, 4) is 0 Å². The fourth-order valence-corrected chi connectivity index (χ4v) is 2.04. The average Bonchev–Trinajstić information content (AvgIpc) is 2.34. The Balaban J connectivity index is 2.15. The Hall–Kier alpha value is -0.120. The van der Waals surface area contributed by atoms with Crippen molar-refractivity contribution in [2.24, 2.45) is 0 Å². The zero-order valence-corrected chi connectivity index (χ0v) is 8.03. The van der Waals surface area contributed by atoms with Gasteiger partial charge in [0.05, 0.1) is 12.2 Å². The molecule has 70 valence electrons. The summed E-state index contributed by atoms with van der Waals surface area (Å²) >= 11 is 0. The van der Waals surface area contributed by atoms with Crippen LogP contribution in [0.1, 0.15) is 27.7 Å². The zero-order valence-electron chi connectivity index (χ0n) is 8.03. The van der Waals surface area contributed by atoms with E-state index in [-0.39, 0.29) is 24.4 Å². The van der Waals surface area contributed by atoms with E-state index in [9.17, 15) is 0 Å². The fourth-order valence-electron chi connectivity index (χ4n) is 2.04. The van der Waals surface area contributed by atoms with Crippen LogP contribution >= 0.6 is 0 Å². The number of fused-ring (bicyclic) bond motifs is 1. The van der Waals surface area contributed by atoms with Gasteiger partial charge in [0.15, 0.2) is 5.79 Å². The highest BCUT2D eigenvalue weighted by atomic mass is 16.8. The molecular weight excluding hydrogens is 156 g/mol. The summed E-state index contributed by atoms with van der Waals surface area (Å²) in [5.41, 5.74) is 0. The maximum absolute atomic E-state index is 5.71. The zero-order chi connectivity index (χ0) is 8.93. The lowest BCUT2D eigenvalue weighted by atomic mass is 10.1. The van der Waals surface area contributed by atoms with Gasteiger partial charge in [-0.1, -0.05) is 0 Å². The van der Waals surface area contributed by atoms with Crippen LogP contribution in [0.5, 0.6) is 0 Å². The predicted octanol–water partition coefficient (Wildman–Crippen LogP) is 1.31. The summed E-state index contributed by atoms with van der Waals surface area (Å²) in [6.45, 7) is 7.97. The van der Waals surface area contributed by atoms with Crippen molar-refractivity contribution in [3.63, 3.8) is 0 Å². The van der Waals surface area contributed by atoms with E-state index < -0.39 is 5.79 Å². The van der Waals surface area contributed by atoms with Gasteiger partial charge in [-0.15, -0.1) is 0 Å². The van der Waals surface area contributed by atoms with Gasteiger partial charge in [-0.2, -0.15) is 0 Å². The van der Waals surface area contributed by atoms with Crippen molar-refractivity contribution in [1.29, 1.82) is 0 Å². The molecule has 2 heterocycles. The third-order valence-electron chi connectivity index (χ3n) is 2.52. The second-order valence-electron chi connectivity index (χ2n) is 4.11. The van der Waals surface area contributed by atoms with Crippen LogP contribution in [0.15, 0.2) is 0 Å². The van der Waals surface area contributed by atoms with Crippen molar-refractivity contribution in [2.75, 3.05) is 0 Å². The Morgan fingerprint density at radius 1 is 0.917 bits per heavy atom. The van der Waals surface area contributed by atoms with Crippen molar-refractivity contribution in [2.45, 2.75) is 57.9 Å². The summed E-state index contributed by atoms with van der Waals surface area (Å²) in [7, 11) is 0. The smallest absolute Gasteiger partial charge is 0.164 e. The van der Waals surface area contributed by atoms with Crippen LogP contribution in [0.2, 0.25) is 0 Å². The molecule has 0 spiro atoms. The Labute approximate surface area is 73.0 Å². The molecule has 0 aromatic carbocycles. The van der Waals surface area contributed by atoms with Gasteiger partial charge in [-0.25, -0.2) is 0 Å². The summed E-state index contributed by atoms with van der Waals surface area (Å²) in [5.74, 6) is -0.429. The molecule has 0 aromatic heterocycles. The minimum absolute atomic E-state index is 0.120. The van der Waals surface area contributed by atoms with Crippen LogP contribution in [-0.4, -0.2) is 30.2 Å². The van der Waals surface area contributed by atoms with Gasteiger partial charge in [-0.3, -0.25) is 0 Å². The Morgan fingerprint density at radius 2 is 1.33 bits per heavy atom. The summed E-state index contributed by atoms with van der Waals surface area (Å²) in [4.78, 5) is 0. The largest absolute Gasteiger partial charge is 0.370 e. The highest BCUT2D eigenvalue weighted by molar-refractivity contribution is 4.94. The minimum Gasteiger partial charge on any atom is -0.370 e. The average molecular weight is 172 g/mol. The molecule has 3 unspecified atom stereocenters. The summed E-state index contributed by atoms with van der Waals surface area (Å²) in [6, 6.07) is 0. The molecule has 0 aromatic rings. The van der Waals surface area contributed by atoms with Crippen LogP contribution in [0.25, 0.3) is 0 Å². The number of hydrogen-bond acceptors (Lipinski definition) is 3. The van der Waals surface area contributed by atoms with Gasteiger partial charge in [0.1, 0.15) is 12.2 Å². The SMILES string of the molecule is CC1OC(C)[C@@H]2OC(C)(C)OC12. The van der Waals surface area contributed by atoms with Gasteiger partial charge >= 0.3 is 0 Å². The van der Waals surface area contributed by atoms with Crippen LogP contribution in [0.3, 0.4) is 0 Å². The standard InChI is InChI=1S/C9H16O3/c1-5-7-8(6(2)10-5)12-9(3,4)11-7/h5-8H,1-4H3/t5?,6?,7-,8?/m0/s1. The van der Waals surface area contributed by atoms with Gasteiger partial charge < -0.3 is 14.2 Å². The summed E-state index contributed by atoms with van der Waals surface area (Å²) in [5, 5.41) is 0. The fraction of sp³-hybridized carbons (Fsp3) is 1.00. The second-order valence-corrected chi connectivity index (χ2v) is 4.11. The van der Waals surface area contributed by atoms with Crippen LogP contribution in [0, 0.1) is 0 Å². The van der Waals surface area contributed by atoms with Crippen LogP contribution in [0.4, 0.5) is 0 Å². The van der Waals surface area contributed by atoms with E-state index in [4.69, 9.17) is 14.2 Å². The monoisotopic (exact) mass is 172 g/mol. The molecule has 0 bridgehead atoms. The van der Waals surface area contributed by atoms with E-state index in [0.29, 0.717) is 0 Å². The van der Waals surface area contributed by atoms with Gasteiger partial charge in [0, 0.05) is 0 Å². The molecule has 0 radical (unpaired) electrons. The van der Waals surface area contributed by atoms with Crippen molar-refractivity contribution >= 4 is 0 Å². The maximum Gasteiger partial charge on any atom is 0.164 e. The summed E-state index contributed by atoms with van der Waals surface area (Å²) < 4.78 is 17.0. The third kappa shape index (κ3) is 1.16. The van der Waals surface area contributed by atoms with Crippen molar-refractivity contribution < 1.29 is 14.2 Å². The highest BCUT2D eigenvalue weighted by Gasteiger charge is 2.51. The lowest BCUT2D eigenvalue weighted by molar-refractivity contribution is -0.183. The molecule has 0 amide bonds. The third-order valence-corrected chi connectivity index (χ3v) is 2.52. The molecule has 2 aliphatic rings. The molecule has 0 aliphatic carbocycles. The Kier molecular flexibility index (Phi) is 1.72. The molecule has 4 atom stereocenters. The maximum atomic E-state index is 5.71. The molecule has 0 N–H and O–H groups in total. The first-order chi connectivity index (χ1) is 5.49. The molecule has 2 rings (SSSR count). The lowest BCUT2D eigenvalue weighted by Crippen LogP contribution is -2.27. The quantitative estimate of drug-likeness (QED) is 0.551. The van der Waals surface area contributed by atoms with Gasteiger partial charge in [0.2, 0.25) is 0 Å². The molecular formula is C9H16O3. The van der Waals surface area contributed by atoms with Crippen molar-refractivity contribution in [3.05, 3.63) is 0 Å². The highest BCUT2D eigenvalue weighted by Crippen LogP contribution is 2.38. The van der Waals surface area contributed by atoms with E-state index in [0.717, 1.165) is 0 Å².